The zero-order valence-corrected chi connectivity index (χ0v) is 6.84. The summed E-state index contributed by atoms with van der Waals surface area (Å²) in [7, 11) is 0. The van der Waals surface area contributed by atoms with E-state index in [0.29, 0.717) is 11.3 Å². The second-order valence-corrected chi connectivity index (χ2v) is 2.60. The van der Waals surface area contributed by atoms with Crippen LogP contribution in [0.5, 0.6) is 0 Å². The van der Waals surface area contributed by atoms with Gasteiger partial charge in [-0.05, 0) is 6.92 Å². The van der Waals surface area contributed by atoms with Gasteiger partial charge in [-0.15, -0.1) is 0 Å². The summed E-state index contributed by atoms with van der Waals surface area (Å²) in [6.45, 7) is 1.60. The van der Waals surface area contributed by atoms with Crippen molar-refractivity contribution in [3.05, 3.63) is 34.3 Å². The number of rotatable bonds is 1. The van der Waals surface area contributed by atoms with E-state index in [-0.39, 0.29) is 5.69 Å². The van der Waals surface area contributed by atoms with Gasteiger partial charge in [-0.25, -0.2) is 9.50 Å². The molecule has 0 unspecified atom stereocenters. The number of hydrogen-bond acceptors (Lipinski definition) is 4. The van der Waals surface area contributed by atoms with Crippen LogP contribution < -0.4 is 0 Å². The van der Waals surface area contributed by atoms with Crippen molar-refractivity contribution in [1.29, 1.82) is 0 Å². The van der Waals surface area contributed by atoms with Gasteiger partial charge in [0.25, 0.3) is 0 Å². The number of fused-ring (bicyclic) bond motifs is 1. The molecule has 0 N–H and O–H groups in total. The monoisotopic (exact) mass is 178 g/mol. The Bertz CT molecular complexity index is 476. The lowest BCUT2D eigenvalue weighted by molar-refractivity contribution is -0.386. The van der Waals surface area contributed by atoms with Crippen molar-refractivity contribution in [3.63, 3.8) is 0 Å². The van der Waals surface area contributed by atoms with E-state index < -0.39 is 4.92 Å². The van der Waals surface area contributed by atoms with Gasteiger partial charge in [0.15, 0.2) is 5.65 Å². The van der Waals surface area contributed by atoms with E-state index in [1.165, 1.54) is 10.7 Å². The lowest BCUT2D eigenvalue weighted by atomic mass is 10.4. The van der Waals surface area contributed by atoms with E-state index in [0.717, 1.165) is 0 Å². The quantitative estimate of drug-likeness (QED) is 0.481. The molecule has 0 saturated carbocycles. The molecule has 0 aliphatic heterocycles. The van der Waals surface area contributed by atoms with Crippen molar-refractivity contribution in [2.24, 2.45) is 0 Å². The zero-order valence-electron chi connectivity index (χ0n) is 6.84. The molecule has 2 aromatic rings. The molecule has 2 heterocycles. The number of hydrogen-bond donors (Lipinski definition) is 0. The van der Waals surface area contributed by atoms with Gasteiger partial charge < -0.3 is 0 Å². The average molecular weight is 178 g/mol. The van der Waals surface area contributed by atoms with Crippen LogP contribution in [0.25, 0.3) is 5.65 Å². The maximum absolute atomic E-state index is 10.5. The Hall–Kier alpha value is -1.98. The molecule has 13 heavy (non-hydrogen) atoms. The van der Waals surface area contributed by atoms with Gasteiger partial charge >= 0.3 is 5.69 Å². The third kappa shape index (κ3) is 1.12. The molecule has 2 rings (SSSR count). The number of aromatic nitrogens is 3. The summed E-state index contributed by atoms with van der Waals surface area (Å²) in [6, 6.07) is 1.69. The number of nitro groups is 1. The van der Waals surface area contributed by atoms with E-state index in [4.69, 9.17) is 0 Å². The van der Waals surface area contributed by atoms with Gasteiger partial charge in [0, 0.05) is 6.07 Å². The Morgan fingerprint density at radius 2 is 2.38 bits per heavy atom. The smallest absolute Gasteiger partial charge is 0.258 e. The molecular formula is C7H6N4O2. The summed E-state index contributed by atoms with van der Waals surface area (Å²) in [4.78, 5) is 14.1. The molecule has 0 radical (unpaired) electrons. The molecule has 6 nitrogen and oxygen atoms in total. The Balaban J connectivity index is 2.76. The van der Waals surface area contributed by atoms with Gasteiger partial charge in [0.05, 0.1) is 11.1 Å². The van der Waals surface area contributed by atoms with Gasteiger partial charge in [-0.3, -0.25) is 10.1 Å². The zero-order chi connectivity index (χ0) is 9.42. The highest BCUT2D eigenvalue weighted by Crippen LogP contribution is 2.15. The van der Waals surface area contributed by atoms with Crippen LogP contribution in [0.1, 0.15) is 5.69 Å². The van der Waals surface area contributed by atoms with Crippen LogP contribution >= 0.6 is 0 Å². The van der Waals surface area contributed by atoms with Crippen molar-refractivity contribution in [2.45, 2.75) is 6.92 Å². The summed E-state index contributed by atoms with van der Waals surface area (Å²) in [5.41, 5.74) is 0.998. The van der Waals surface area contributed by atoms with E-state index in [9.17, 15) is 10.1 Å². The fraction of sp³-hybridized carbons (Fsp3) is 0.143. The van der Waals surface area contributed by atoms with Gasteiger partial charge in [-0.2, -0.15) is 5.10 Å². The summed E-state index contributed by atoms with van der Waals surface area (Å²) in [5, 5.41) is 14.4. The molecule has 6 heteroatoms. The molecule has 0 aliphatic carbocycles. The lowest BCUT2D eigenvalue weighted by Gasteiger charge is -1.96. The molecule has 0 atom stereocenters. The predicted octanol–water partition coefficient (Wildman–Crippen LogP) is 0.946. The molecule has 0 spiro atoms. The van der Waals surface area contributed by atoms with Crippen molar-refractivity contribution in [3.8, 4) is 0 Å². The van der Waals surface area contributed by atoms with Crippen LogP contribution in [-0.2, 0) is 0 Å². The van der Waals surface area contributed by atoms with E-state index in [1.54, 1.807) is 19.2 Å². The molecule has 66 valence electrons. The second kappa shape index (κ2) is 2.51. The minimum absolute atomic E-state index is 0.0174. The Kier molecular flexibility index (Phi) is 1.48. The average Bonchev–Trinajstić information content (AvgIpc) is 2.48. The maximum Gasteiger partial charge on any atom is 0.308 e. The first-order chi connectivity index (χ1) is 6.18. The van der Waals surface area contributed by atoms with Crippen LogP contribution in [0, 0.1) is 17.0 Å². The maximum atomic E-state index is 10.5. The SMILES string of the molecule is Cc1nc2ccnn2cc1[N+](=O)[O-]. The fourth-order valence-electron chi connectivity index (χ4n) is 1.11. The first-order valence-electron chi connectivity index (χ1n) is 3.64. The minimum atomic E-state index is -0.469. The van der Waals surface area contributed by atoms with Gasteiger partial charge in [-0.1, -0.05) is 0 Å². The standard InChI is InChI=1S/C7H6N4O2/c1-5-6(11(12)13)4-10-7(9-5)2-3-8-10/h2-4H,1H3. The summed E-state index contributed by atoms with van der Waals surface area (Å²) in [6.07, 6.45) is 2.91. The summed E-state index contributed by atoms with van der Waals surface area (Å²) in [5.74, 6) is 0. The molecule has 0 bridgehead atoms. The van der Waals surface area contributed by atoms with Gasteiger partial charge in [0.2, 0.25) is 0 Å². The van der Waals surface area contributed by atoms with Crippen LogP contribution in [0.15, 0.2) is 18.5 Å². The highest BCUT2D eigenvalue weighted by atomic mass is 16.6. The normalized spacial score (nSPS) is 10.5. The van der Waals surface area contributed by atoms with Crippen LogP contribution in [0.3, 0.4) is 0 Å². The topological polar surface area (TPSA) is 73.3 Å². The minimum Gasteiger partial charge on any atom is -0.258 e. The lowest BCUT2D eigenvalue weighted by Crippen LogP contribution is -1.99. The highest BCUT2D eigenvalue weighted by Gasteiger charge is 2.13. The third-order valence-corrected chi connectivity index (χ3v) is 1.74. The Morgan fingerprint density at radius 1 is 1.62 bits per heavy atom. The van der Waals surface area contributed by atoms with Crippen LogP contribution in [-0.4, -0.2) is 19.5 Å². The van der Waals surface area contributed by atoms with Crippen molar-refractivity contribution in [1.82, 2.24) is 14.6 Å². The number of aryl methyl sites for hydroxylation is 1. The molecule has 0 aliphatic rings. The predicted molar refractivity (Wildman–Crippen MR) is 44.4 cm³/mol. The van der Waals surface area contributed by atoms with Crippen LogP contribution in [0.4, 0.5) is 5.69 Å². The van der Waals surface area contributed by atoms with E-state index >= 15 is 0 Å². The fourth-order valence-corrected chi connectivity index (χ4v) is 1.11. The van der Waals surface area contributed by atoms with Gasteiger partial charge in [0.1, 0.15) is 11.9 Å². The summed E-state index contributed by atoms with van der Waals surface area (Å²) < 4.78 is 1.38. The highest BCUT2D eigenvalue weighted by molar-refractivity contribution is 5.43. The first kappa shape index (κ1) is 7.66. The molecule has 0 fully saturated rings. The summed E-state index contributed by atoms with van der Waals surface area (Å²) >= 11 is 0. The number of nitrogens with zero attached hydrogens (tertiary/aromatic N) is 4. The Labute approximate surface area is 73.0 Å². The van der Waals surface area contributed by atoms with E-state index in [2.05, 4.69) is 10.1 Å². The van der Waals surface area contributed by atoms with Crippen LogP contribution in [0.2, 0.25) is 0 Å². The third-order valence-electron chi connectivity index (χ3n) is 1.74. The van der Waals surface area contributed by atoms with E-state index in [1.807, 2.05) is 0 Å². The second-order valence-electron chi connectivity index (χ2n) is 2.60. The van der Waals surface area contributed by atoms with Crippen molar-refractivity contribution in [2.75, 3.05) is 0 Å². The first-order valence-corrected chi connectivity index (χ1v) is 3.64. The largest absolute Gasteiger partial charge is 0.308 e. The molecule has 2 aromatic heterocycles. The molecular weight excluding hydrogens is 172 g/mol. The molecule has 0 aromatic carbocycles. The molecule has 0 saturated heterocycles. The van der Waals surface area contributed by atoms with Crippen molar-refractivity contribution < 1.29 is 4.92 Å². The molecule has 0 amide bonds. The Morgan fingerprint density at radius 3 is 3.08 bits per heavy atom. The van der Waals surface area contributed by atoms with Crippen molar-refractivity contribution >= 4 is 11.3 Å².